The molecule has 0 amide bonds. The Morgan fingerprint density at radius 2 is 1.86 bits per heavy atom. The number of hydrogen-bond acceptors (Lipinski definition) is 2. The van der Waals surface area contributed by atoms with Crippen LogP contribution in [0.25, 0.3) is 0 Å². The molecule has 2 nitrogen and oxygen atoms in total. The number of rotatable bonds is 8. The van der Waals surface area contributed by atoms with E-state index in [0.29, 0.717) is 12.5 Å². The minimum atomic E-state index is -2.37. The molecule has 0 rings (SSSR count). The molecule has 0 bridgehead atoms. The van der Waals surface area contributed by atoms with E-state index in [1.807, 2.05) is 6.92 Å². The van der Waals surface area contributed by atoms with Crippen LogP contribution in [0.5, 0.6) is 0 Å². The summed E-state index contributed by atoms with van der Waals surface area (Å²) in [5.74, 6) is 0.572. The van der Waals surface area contributed by atoms with Gasteiger partial charge in [0.1, 0.15) is 6.61 Å². The van der Waals surface area contributed by atoms with Crippen molar-refractivity contribution in [3.8, 4) is 0 Å². The molecule has 1 unspecified atom stereocenters. The summed E-state index contributed by atoms with van der Waals surface area (Å²) in [6, 6.07) is 0. The van der Waals surface area contributed by atoms with Gasteiger partial charge in [0, 0.05) is 6.54 Å². The van der Waals surface area contributed by atoms with E-state index in [-0.39, 0.29) is 6.10 Å². The maximum Gasteiger partial charge on any atom is 0.261 e. The standard InChI is InChI=1S/C10H21F2NO/c1-4-9(14-7-10(11)12)6-13-5-8(2)3/h8-10,13H,4-7H2,1-3H3. The van der Waals surface area contributed by atoms with E-state index in [4.69, 9.17) is 4.74 Å². The van der Waals surface area contributed by atoms with Gasteiger partial charge in [0.25, 0.3) is 6.43 Å². The summed E-state index contributed by atoms with van der Waals surface area (Å²) >= 11 is 0. The molecule has 4 heteroatoms. The molecular weight excluding hydrogens is 188 g/mol. The summed E-state index contributed by atoms with van der Waals surface area (Å²) in [7, 11) is 0. The van der Waals surface area contributed by atoms with Crippen molar-refractivity contribution in [1.82, 2.24) is 5.32 Å². The van der Waals surface area contributed by atoms with E-state index < -0.39 is 13.0 Å². The summed E-state index contributed by atoms with van der Waals surface area (Å²) in [4.78, 5) is 0. The zero-order valence-corrected chi connectivity index (χ0v) is 9.22. The SMILES string of the molecule is CCC(CNCC(C)C)OCC(F)F. The molecule has 0 fully saturated rings. The van der Waals surface area contributed by atoms with Crippen molar-refractivity contribution in [3.05, 3.63) is 0 Å². The Morgan fingerprint density at radius 1 is 1.21 bits per heavy atom. The van der Waals surface area contributed by atoms with Crippen LogP contribution in [0.4, 0.5) is 8.78 Å². The molecule has 0 saturated carbocycles. The van der Waals surface area contributed by atoms with Crippen LogP contribution in [0.15, 0.2) is 0 Å². The summed E-state index contributed by atoms with van der Waals surface area (Å²) < 4.78 is 28.7. The zero-order valence-electron chi connectivity index (χ0n) is 9.22. The Morgan fingerprint density at radius 3 is 2.29 bits per heavy atom. The molecule has 0 aliphatic heterocycles. The Hall–Kier alpha value is -0.220. The third-order valence-electron chi connectivity index (χ3n) is 1.84. The molecule has 0 aromatic rings. The van der Waals surface area contributed by atoms with Gasteiger partial charge in [0.05, 0.1) is 6.10 Å². The molecule has 0 spiro atoms. The fraction of sp³-hybridized carbons (Fsp3) is 1.00. The lowest BCUT2D eigenvalue weighted by Gasteiger charge is -2.17. The van der Waals surface area contributed by atoms with Crippen LogP contribution < -0.4 is 5.32 Å². The number of halogens is 2. The molecule has 1 N–H and O–H groups in total. The van der Waals surface area contributed by atoms with Crippen molar-refractivity contribution in [3.63, 3.8) is 0 Å². The number of alkyl halides is 2. The lowest BCUT2D eigenvalue weighted by molar-refractivity contribution is -0.0245. The lowest BCUT2D eigenvalue weighted by atomic mass is 10.2. The maximum atomic E-state index is 11.8. The second-order valence-corrected chi connectivity index (χ2v) is 3.81. The minimum Gasteiger partial charge on any atom is -0.371 e. The molecule has 0 radical (unpaired) electrons. The first-order valence-electron chi connectivity index (χ1n) is 5.16. The van der Waals surface area contributed by atoms with Gasteiger partial charge in [-0.2, -0.15) is 0 Å². The van der Waals surface area contributed by atoms with Gasteiger partial charge >= 0.3 is 0 Å². The fourth-order valence-corrected chi connectivity index (χ4v) is 1.06. The van der Waals surface area contributed by atoms with Gasteiger partial charge in [-0.15, -0.1) is 0 Å². The topological polar surface area (TPSA) is 21.3 Å². The van der Waals surface area contributed by atoms with Gasteiger partial charge in [0.15, 0.2) is 0 Å². The van der Waals surface area contributed by atoms with Gasteiger partial charge in [0.2, 0.25) is 0 Å². The molecule has 86 valence electrons. The Balaban J connectivity index is 3.48. The molecule has 14 heavy (non-hydrogen) atoms. The van der Waals surface area contributed by atoms with Crippen LogP contribution in [0.2, 0.25) is 0 Å². The largest absolute Gasteiger partial charge is 0.371 e. The minimum absolute atomic E-state index is 0.0947. The van der Waals surface area contributed by atoms with Crippen molar-refractivity contribution in [2.75, 3.05) is 19.7 Å². The first-order valence-corrected chi connectivity index (χ1v) is 5.16. The number of nitrogens with one attached hydrogen (secondary N) is 1. The maximum absolute atomic E-state index is 11.8. The van der Waals surface area contributed by atoms with Gasteiger partial charge < -0.3 is 10.1 Å². The van der Waals surface area contributed by atoms with Gasteiger partial charge in [-0.1, -0.05) is 20.8 Å². The molecule has 0 aromatic carbocycles. The van der Waals surface area contributed by atoms with Gasteiger partial charge in [-0.3, -0.25) is 0 Å². The van der Waals surface area contributed by atoms with E-state index in [9.17, 15) is 8.78 Å². The Kier molecular flexibility index (Phi) is 7.99. The van der Waals surface area contributed by atoms with E-state index in [1.165, 1.54) is 0 Å². The van der Waals surface area contributed by atoms with E-state index in [2.05, 4.69) is 19.2 Å². The molecule has 0 aliphatic rings. The summed E-state index contributed by atoms with van der Waals surface area (Å²) in [6.07, 6.45) is -1.70. The van der Waals surface area contributed by atoms with Gasteiger partial charge in [-0.25, -0.2) is 8.78 Å². The van der Waals surface area contributed by atoms with Gasteiger partial charge in [-0.05, 0) is 18.9 Å². The third kappa shape index (κ3) is 8.38. The normalized spacial score (nSPS) is 13.9. The van der Waals surface area contributed by atoms with E-state index >= 15 is 0 Å². The van der Waals surface area contributed by atoms with Crippen molar-refractivity contribution in [2.45, 2.75) is 39.7 Å². The Bertz CT molecular complexity index is 131. The zero-order chi connectivity index (χ0) is 11.0. The number of hydrogen-bond donors (Lipinski definition) is 1. The molecular formula is C10H21F2NO. The summed E-state index contributed by atoms with van der Waals surface area (Å²) in [5, 5.41) is 3.19. The van der Waals surface area contributed by atoms with Crippen molar-refractivity contribution in [1.29, 1.82) is 0 Å². The van der Waals surface area contributed by atoms with Crippen molar-refractivity contribution < 1.29 is 13.5 Å². The first kappa shape index (κ1) is 13.8. The number of ether oxygens (including phenoxy) is 1. The second-order valence-electron chi connectivity index (χ2n) is 3.81. The van der Waals surface area contributed by atoms with Crippen molar-refractivity contribution >= 4 is 0 Å². The van der Waals surface area contributed by atoms with Crippen LogP contribution >= 0.6 is 0 Å². The van der Waals surface area contributed by atoms with Crippen LogP contribution in [-0.4, -0.2) is 32.2 Å². The second kappa shape index (κ2) is 8.12. The van der Waals surface area contributed by atoms with Crippen molar-refractivity contribution in [2.24, 2.45) is 5.92 Å². The van der Waals surface area contributed by atoms with Crippen LogP contribution in [-0.2, 0) is 4.74 Å². The van der Waals surface area contributed by atoms with Crippen LogP contribution in [0.1, 0.15) is 27.2 Å². The van der Waals surface area contributed by atoms with E-state index in [1.54, 1.807) is 0 Å². The highest BCUT2D eigenvalue weighted by atomic mass is 19.3. The average molecular weight is 209 g/mol. The highest BCUT2D eigenvalue weighted by Gasteiger charge is 2.10. The molecule has 1 atom stereocenters. The highest BCUT2D eigenvalue weighted by molar-refractivity contribution is 4.61. The molecule has 0 saturated heterocycles. The van der Waals surface area contributed by atoms with Crippen LogP contribution in [0, 0.1) is 5.92 Å². The summed E-state index contributed by atoms with van der Waals surface area (Å²) in [5.41, 5.74) is 0. The predicted molar refractivity (Wildman–Crippen MR) is 53.7 cm³/mol. The highest BCUT2D eigenvalue weighted by Crippen LogP contribution is 2.01. The fourth-order valence-electron chi connectivity index (χ4n) is 1.06. The monoisotopic (exact) mass is 209 g/mol. The molecule has 0 aromatic heterocycles. The smallest absolute Gasteiger partial charge is 0.261 e. The predicted octanol–water partition coefficient (Wildman–Crippen LogP) is 2.29. The molecule has 0 aliphatic carbocycles. The lowest BCUT2D eigenvalue weighted by Crippen LogP contribution is -2.32. The quantitative estimate of drug-likeness (QED) is 0.662. The summed E-state index contributed by atoms with van der Waals surface area (Å²) in [6.45, 7) is 7.24. The Labute approximate surface area is 85.0 Å². The average Bonchev–Trinajstić information content (AvgIpc) is 2.10. The third-order valence-corrected chi connectivity index (χ3v) is 1.84. The van der Waals surface area contributed by atoms with E-state index in [0.717, 1.165) is 13.0 Å². The molecule has 0 heterocycles. The van der Waals surface area contributed by atoms with Crippen LogP contribution in [0.3, 0.4) is 0 Å². The first-order chi connectivity index (χ1) is 6.56.